The van der Waals surface area contributed by atoms with Crippen LogP contribution in [0.5, 0.6) is 11.5 Å². The Morgan fingerprint density at radius 1 is 1.13 bits per heavy atom. The van der Waals surface area contributed by atoms with Crippen molar-refractivity contribution in [2.45, 2.75) is 33.4 Å². The smallest absolute Gasteiger partial charge is 0.341 e. The van der Waals surface area contributed by atoms with Gasteiger partial charge in [-0.2, -0.15) is 0 Å². The number of aryl methyl sites for hydroxylation is 2. The Kier molecular flexibility index (Phi) is 5.27. The van der Waals surface area contributed by atoms with Gasteiger partial charge in [0.1, 0.15) is 0 Å². The lowest BCUT2D eigenvalue weighted by Crippen LogP contribution is -2.35. The number of benzene rings is 2. The maximum absolute atomic E-state index is 12.8. The van der Waals surface area contributed by atoms with Gasteiger partial charge in [-0.05, 0) is 50.1 Å². The summed E-state index contributed by atoms with van der Waals surface area (Å²) in [6, 6.07) is 13.1. The van der Waals surface area contributed by atoms with Crippen molar-refractivity contribution in [2.24, 2.45) is 0 Å². The highest BCUT2D eigenvalue weighted by Gasteiger charge is 2.23. The molecule has 0 fully saturated rings. The fourth-order valence-corrected chi connectivity index (χ4v) is 3.49. The summed E-state index contributed by atoms with van der Waals surface area (Å²) in [5, 5.41) is 3.66. The average molecular weight is 406 g/mol. The molecule has 1 aromatic heterocycles. The largest absolute Gasteiger partial charge is 0.454 e. The zero-order valence-electron chi connectivity index (χ0n) is 17.0. The average Bonchev–Trinajstić information content (AvgIpc) is 3.19. The van der Waals surface area contributed by atoms with E-state index >= 15 is 0 Å². The predicted molar refractivity (Wildman–Crippen MR) is 111 cm³/mol. The molecule has 0 bridgehead atoms. The van der Waals surface area contributed by atoms with Crippen molar-refractivity contribution >= 4 is 22.8 Å². The molecule has 7 heteroatoms. The van der Waals surface area contributed by atoms with Crippen LogP contribution in [0.15, 0.2) is 42.5 Å². The molecule has 0 aliphatic carbocycles. The molecule has 1 aliphatic heterocycles. The van der Waals surface area contributed by atoms with E-state index in [4.69, 9.17) is 14.2 Å². The Morgan fingerprint density at radius 2 is 1.90 bits per heavy atom. The SMILES string of the molecule is Cc1nc2ccccc2c(C)c1C(=O)O[C@H](C)C(=O)NCc1ccc2c(c1)OCO2. The number of pyridine rings is 1. The first-order valence-corrected chi connectivity index (χ1v) is 9.67. The van der Waals surface area contributed by atoms with E-state index in [9.17, 15) is 9.59 Å². The van der Waals surface area contributed by atoms with E-state index in [1.807, 2.05) is 43.3 Å². The molecule has 30 heavy (non-hydrogen) atoms. The topological polar surface area (TPSA) is 86.8 Å². The van der Waals surface area contributed by atoms with Gasteiger partial charge in [0.15, 0.2) is 17.6 Å². The summed E-state index contributed by atoms with van der Waals surface area (Å²) >= 11 is 0. The molecule has 1 amide bonds. The predicted octanol–water partition coefficient (Wildman–Crippen LogP) is 3.44. The Bertz CT molecular complexity index is 1140. The molecule has 1 aliphatic rings. The van der Waals surface area contributed by atoms with Crippen LogP contribution in [-0.4, -0.2) is 29.8 Å². The molecule has 0 saturated heterocycles. The number of carbonyl (C=O) groups excluding carboxylic acids is 2. The third-order valence-electron chi connectivity index (χ3n) is 5.09. The van der Waals surface area contributed by atoms with E-state index in [2.05, 4.69) is 10.3 Å². The van der Waals surface area contributed by atoms with Crippen LogP contribution in [0, 0.1) is 13.8 Å². The van der Waals surface area contributed by atoms with Gasteiger partial charge in [0.25, 0.3) is 5.91 Å². The highest BCUT2D eigenvalue weighted by molar-refractivity contribution is 5.99. The second kappa shape index (κ2) is 8.02. The normalized spacial score (nSPS) is 13.2. The van der Waals surface area contributed by atoms with Crippen LogP contribution in [0.25, 0.3) is 10.9 Å². The van der Waals surface area contributed by atoms with Crippen molar-refractivity contribution in [2.75, 3.05) is 6.79 Å². The Morgan fingerprint density at radius 3 is 2.73 bits per heavy atom. The lowest BCUT2D eigenvalue weighted by molar-refractivity contribution is -0.129. The van der Waals surface area contributed by atoms with Gasteiger partial charge in [0.05, 0.1) is 16.8 Å². The molecule has 0 radical (unpaired) electrons. The number of carbonyl (C=O) groups is 2. The van der Waals surface area contributed by atoms with E-state index in [-0.39, 0.29) is 19.2 Å². The van der Waals surface area contributed by atoms with E-state index in [0.717, 1.165) is 22.0 Å². The van der Waals surface area contributed by atoms with Crippen molar-refractivity contribution in [1.82, 2.24) is 10.3 Å². The van der Waals surface area contributed by atoms with Crippen LogP contribution < -0.4 is 14.8 Å². The third-order valence-corrected chi connectivity index (χ3v) is 5.09. The molecule has 0 spiro atoms. The van der Waals surface area contributed by atoms with E-state index in [0.29, 0.717) is 22.8 Å². The number of ether oxygens (including phenoxy) is 3. The summed E-state index contributed by atoms with van der Waals surface area (Å²) in [4.78, 5) is 29.7. The zero-order valence-corrected chi connectivity index (χ0v) is 17.0. The molecule has 2 aromatic carbocycles. The number of aromatic nitrogens is 1. The number of hydrogen-bond acceptors (Lipinski definition) is 6. The van der Waals surface area contributed by atoms with Gasteiger partial charge in [0, 0.05) is 11.9 Å². The molecule has 4 rings (SSSR count). The van der Waals surface area contributed by atoms with E-state index in [1.54, 1.807) is 19.9 Å². The minimum absolute atomic E-state index is 0.195. The molecule has 3 aromatic rings. The van der Waals surface area contributed by atoms with Crippen LogP contribution in [0.3, 0.4) is 0 Å². The number of amides is 1. The van der Waals surface area contributed by atoms with Crippen molar-refractivity contribution in [3.05, 3.63) is 64.8 Å². The lowest BCUT2D eigenvalue weighted by atomic mass is 10.0. The fourth-order valence-electron chi connectivity index (χ4n) is 3.49. The fraction of sp³-hybridized carbons (Fsp3) is 0.261. The van der Waals surface area contributed by atoms with Crippen LogP contribution >= 0.6 is 0 Å². The lowest BCUT2D eigenvalue weighted by Gasteiger charge is -2.16. The van der Waals surface area contributed by atoms with Crippen LogP contribution in [0.1, 0.15) is 34.1 Å². The summed E-state index contributed by atoms with van der Waals surface area (Å²) in [6.07, 6.45) is -0.947. The quantitative estimate of drug-likeness (QED) is 0.653. The second-order valence-electron chi connectivity index (χ2n) is 7.17. The van der Waals surface area contributed by atoms with Crippen LogP contribution in [0.2, 0.25) is 0 Å². The second-order valence-corrected chi connectivity index (χ2v) is 7.17. The van der Waals surface area contributed by atoms with Gasteiger partial charge in [-0.15, -0.1) is 0 Å². The Hall–Kier alpha value is -3.61. The summed E-state index contributed by atoms with van der Waals surface area (Å²) in [5.41, 5.74) is 3.43. The van der Waals surface area contributed by atoms with Crippen molar-refractivity contribution in [3.63, 3.8) is 0 Å². The summed E-state index contributed by atoms with van der Waals surface area (Å²) in [7, 11) is 0. The molecule has 1 N–H and O–H groups in total. The standard InChI is InChI=1S/C23H22N2O5/c1-13-17-6-4-5-7-18(17)25-14(2)21(13)23(27)30-15(3)22(26)24-11-16-8-9-19-20(10-16)29-12-28-19/h4-10,15H,11-12H2,1-3H3,(H,24,26)/t15-/m1/s1. The number of fused-ring (bicyclic) bond motifs is 2. The minimum atomic E-state index is -0.947. The number of esters is 1. The molecular formula is C23H22N2O5. The summed E-state index contributed by atoms with van der Waals surface area (Å²) in [5.74, 6) is 0.386. The molecule has 0 saturated carbocycles. The third kappa shape index (κ3) is 3.78. The highest BCUT2D eigenvalue weighted by atomic mass is 16.7. The maximum Gasteiger partial charge on any atom is 0.341 e. The molecular weight excluding hydrogens is 384 g/mol. The van der Waals surface area contributed by atoms with E-state index < -0.39 is 12.1 Å². The van der Waals surface area contributed by atoms with Crippen LogP contribution in [0.4, 0.5) is 0 Å². The highest BCUT2D eigenvalue weighted by Crippen LogP contribution is 2.32. The van der Waals surface area contributed by atoms with Crippen molar-refractivity contribution in [1.29, 1.82) is 0 Å². The molecule has 0 unspecified atom stereocenters. The van der Waals surface area contributed by atoms with Gasteiger partial charge >= 0.3 is 5.97 Å². The van der Waals surface area contributed by atoms with E-state index in [1.165, 1.54) is 0 Å². The Labute approximate surface area is 174 Å². The van der Waals surface area contributed by atoms with Gasteiger partial charge in [-0.1, -0.05) is 24.3 Å². The first kappa shape index (κ1) is 19.7. The first-order chi connectivity index (χ1) is 14.4. The maximum atomic E-state index is 12.8. The van der Waals surface area contributed by atoms with Gasteiger partial charge in [0.2, 0.25) is 6.79 Å². The van der Waals surface area contributed by atoms with Gasteiger partial charge < -0.3 is 19.5 Å². The molecule has 154 valence electrons. The summed E-state index contributed by atoms with van der Waals surface area (Å²) < 4.78 is 16.1. The molecule has 2 heterocycles. The number of nitrogens with one attached hydrogen (secondary N) is 1. The number of para-hydroxylation sites is 1. The molecule has 7 nitrogen and oxygen atoms in total. The van der Waals surface area contributed by atoms with Crippen molar-refractivity contribution in [3.8, 4) is 11.5 Å². The molecule has 1 atom stereocenters. The number of nitrogens with zero attached hydrogens (tertiary/aromatic N) is 1. The van der Waals surface area contributed by atoms with Crippen LogP contribution in [-0.2, 0) is 16.1 Å². The van der Waals surface area contributed by atoms with Crippen molar-refractivity contribution < 1.29 is 23.8 Å². The van der Waals surface area contributed by atoms with Gasteiger partial charge in [-0.3, -0.25) is 9.78 Å². The first-order valence-electron chi connectivity index (χ1n) is 9.67. The zero-order chi connectivity index (χ0) is 21.3. The number of hydrogen-bond donors (Lipinski definition) is 1. The van der Waals surface area contributed by atoms with Gasteiger partial charge in [-0.25, -0.2) is 4.79 Å². The minimum Gasteiger partial charge on any atom is -0.454 e. The Balaban J connectivity index is 1.42. The monoisotopic (exact) mass is 406 g/mol. The number of rotatable bonds is 5. The summed E-state index contributed by atoms with van der Waals surface area (Å²) in [6.45, 7) is 5.65.